The Morgan fingerprint density at radius 2 is 0.859 bits per heavy atom. The molecule has 0 heterocycles. The molecule has 0 rings (SSSR count). The second-order valence-electron chi connectivity index (χ2n) is 17.7. The van der Waals surface area contributed by atoms with Gasteiger partial charge >= 0.3 is 5.97 Å². The molecule has 3 atom stereocenters. The number of amides is 1. The van der Waals surface area contributed by atoms with E-state index in [2.05, 4.69) is 62.5 Å². The molecule has 0 aromatic carbocycles. The second-order valence-corrected chi connectivity index (χ2v) is 17.7. The van der Waals surface area contributed by atoms with Gasteiger partial charge in [0.15, 0.2) is 0 Å². The maximum Gasteiger partial charge on any atom is 0.306 e. The topological polar surface area (TPSA) is 95.9 Å². The van der Waals surface area contributed by atoms with Gasteiger partial charge < -0.3 is 20.3 Å². The fourth-order valence-electron chi connectivity index (χ4n) is 7.58. The van der Waals surface area contributed by atoms with Crippen molar-refractivity contribution in [3.8, 4) is 0 Å². The van der Waals surface area contributed by atoms with E-state index in [1.165, 1.54) is 122 Å². The van der Waals surface area contributed by atoms with Crippen LogP contribution in [0.5, 0.6) is 0 Å². The number of carbonyl (C=O) groups is 2. The molecule has 0 bridgehead atoms. The normalized spacial score (nSPS) is 14.0. The lowest BCUT2D eigenvalue weighted by molar-refractivity contribution is -0.151. The second kappa shape index (κ2) is 50.8. The zero-order chi connectivity index (χ0) is 46.7. The van der Waals surface area contributed by atoms with Gasteiger partial charge in [-0.05, 0) is 64.2 Å². The quantitative estimate of drug-likeness (QED) is 0.0321. The lowest BCUT2D eigenvalue weighted by Crippen LogP contribution is -2.46. The summed E-state index contributed by atoms with van der Waals surface area (Å²) in [7, 11) is 0. The summed E-state index contributed by atoms with van der Waals surface area (Å²) in [6.07, 6.45) is 67.5. The van der Waals surface area contributed by atoms with E-state index in [1.54, 1.807) is 0 Å². The van der Waals surface area contributed by atoms with E-state index in [9.17, 15) is 19.8 Å². The summed E-state index contributed by atoms with van der Waals surface area (Å²) in [5.41, 5.74) is 0. The van der Waals surface area contributed by atoms with Crippen molar-refractivity contribution in [3.05, 3.63) is 97.2 Å². The van der Waals surface area contributed by atoms with Gasteiger partial charge in [0.2, 0.25) is 5.91 Å². The maximum absolute atomic E-state index is 13.2. The Kier molecular flexibility index (Phi) is 48.2. The molecule has 6 heteroatoms. The standard InChI is InChI=1S/C58H99NO5/c1-4-7-10-13-16-19-22-25-28-31-34-37-40-43-46-49-54(64-58(63)51-48-45-42-39-36-33-30-27-24-21-18-15-12-9-6-3)52-57(62)59-55(53-60)56(61)50-47-44-41-38-35-32-29-26-23-20-17-14-11-8-5-2/h7,10,13,16,18-19,21-22,24-25,27-28,31,34,37,40,54-56,60-61H,4-6,8-9,11-12,14-15,17,20,23,26,29-30,32-33,35-36,38-39,41-53H2,1-3H3,(H,59,62)/b10-7-,16-13+,21-18+,22-19+,27-24+,28-25-,34-31+,40-37+. The van der Waals surface area contributed by atoms with Crippen molar-refractivity contribution >= 4 is 11.9 Å². The van der Waals surface area contributed by atoms with E-state index in [-0.39, 0.29) is 24.9 Å². The lowest BCUT2D eigenvalue weighted by atomic mass is 10.0. The van der Waals surface area contributed by atoms with Gasteiger partial charge in [-0.3, -0.25) is 9.59 Å². The predicted molar refractivity (Wildman–Crippen MR) is 277 cm³/mol. The molecule has 0 aromatic heterocycles. The van der Waals surface area contributed by atoms with Gasteiger partial charge in [0, 0.05) is 6.42 Å². The number of esters is 1. The number of hydrogen-bond donors (Lipinski definition) is 3. The first kappa shape index (κ1) is 60.8. The Labute approximate surface area is 395 Å². The average molecular weight is 890 g/mol. The van der Waals surface area contributed by atoms with Crippen molar-refractivity contribution in [3.63, 3.8) is 0 Å². The van der Waals surface area contributed by atoms with E-state index in [1.807, 2.05) is 60.8 Å². The number of nitrogens with one attached hydrogen (secondary N) is 1. The Bertz CT molecular complexity index is 1270. The van der Waals surface area contributed by atoms with Crippen molar-refractivity contribution in [2.45, 2.75) is 251 Å². The largest absolute Gasteiger partial charge is 0.462 e. The van der Waals surface area contributed by atoms with Crippen LogP contribution in [0.1, 0.15) is 233 Å². The van der Waals surface area contributed by atoms with E-state index in [0.29, 0.717) is 19.3 Å². The lowest BCUT2D eigenvalue weighted by Gasteiger charge is -2.24. The van der Waals surface area contributed by atoms with Crippen molar-refractivity contribution in [1.82, 2.24) is 5.32 Å². The predicted octanol–water partition coefficient (Wildman–Crippen LogP) is 16.1. The summed E-state index contributed by atoms with van der Waals surface area (Å²) in [5.74, 6) is -0.567. The minimum atomic E-state index is -0.815. The Balaban J connectivity index is 4.73. The van der Waals surface area contributed by atoms with E-state index >= 15 is 0 Å². The summed E-state index contributed by atoms with van der Waals surface area (Å²) in [6, 6.07) is -0.734. The van der Waals surface area contributed by atoms with Gasteiger partial charge in [-0.15, -0.1) is 0 Å². The van der Waals surface area contributed by atoms with Gasteiger partial charge in [-0.2, -0.15) is 0 Å². The molecule has 0 fully saturated rings. The zero-order valence-electron chi connectivity index (χ0n) is 41.6. The highest BCUT2D eigenvalue weighted by atomic mass is 16.5. The third kappa shape index (κ3) is 45.4. The molecule has 0 aliphatic carbocycles. The van der Waals surface area contributed by atoms with Crippen LogP contribution in [0, 0.1) is 0 Å². The van der Waals surface area contributed by atoms with Crippen molar-refractivity contribution in [1.29, 1.82) is 0 Å². The SMILES string of the molecule is CC\C=C/C=C/C=C/C=C\C=C\C=C\CCCC(CC(=O)NC(CO)C(O)CCCCCCCCCCCCCCCCC)OC(=O)CCCCCCCC/C=C/C=C/CCCCC. The molecule has 0 spiro atoms. The average Bonchev–Trinajstić information content (AvgIpc) is 3.29. The Hall–Kier alpha value is -3.22. The van der Waals surface area contributed by atoms with Crippen LogP contribution in [0.25, 0.3) is 0 Å². The summed E-state index contributed by atoms with van der Waals surface area (Å²) < 4.78 is 5.90. The number of unbranched alkanes of at least 4 members (excludes halogenated alkanes) is 24. The number of allylic oxidation sites excluding steroid dienone is 16. The molecule has 64 heavy (non-hydrogen) atoms. The molecule has 0 aromatic rings. The Morgan fingerprint density at radius 1 is 0.469 bits per heavy atom. The Morgan fingerprint density at radius 3 is 1.36 bits per heavy atom. The van der Waals surface area contributed by atoms with Crippen LogP contribution >= 0.6 is 0 Å². The van der Waals surface area contributed by atoms with Gasteiger partial charge in [0.05, 0.1) is 25.2 Å². The molecular formula is C58H99NO5. The highest BCUT2D eigenvalue weighted by Gasteiger charge is 2.24. The van der Waals surface area contributed by atoms with Gasteiger partial charge in [-0.1, -0.05) is 253 Å². The van der Waals surface area contributed by atoms with Crippen LogP contribution in [0.15, 0.2) is 97.2 Å². The number of aliphatic hydroxyl groups is 2. The summed E-state index contributed by atoms with van der Waals surface area (Å²) >= 11 is 0. The molecule has 3 N–H and O–H groups in total. The summed E-state index contributed by atoms with van der Waals surface area (Å²) in [5, 5.41) is 23.8. The number of rotatable bonds is 46. The molecule has 0 saturated heterocycles. The fourth-order valence-corrected chi connectivity index (χ4v) is 7.58. The number of carbonyl (C=O) groups excluding carboxylic acids is 2. The molecule has 3 unspecified atom stereocenters. The highest BCUT2D eigenvalue weighted by Crippen LogP contribution is 2.17. The summed E-state index contributed by atoms with van der Waals surface area (Å²) in [4.78, 5) is 26.2. The fraction of sp³-hybridized carbons (Fsp3) is 0.690. The maximum atomic E-state index is 13.2. The highest BCUT2D eigenvalue weighted by molar-refractivity contribution is 5.77. The molecule has 1 amide bonds. The minimum absolute atomic E-state index is 0.0169. The monoisotopic (exact) mass is 890 g/mol. The van der Waals surface area contributed by atoms with Crippen LogP contribution in [0.3, 0.4) is 0 Å². The molecule has 366 valence electrons. The van der Waals surface area contributed by atoms with Crippen LogP contribution in [-0.4, -0.2) is 46.9 Å². The molecular weight excluding hydrogens is 791 g/mol. The van der Waals surface area contributed by atoms with Gasteiger partial charge in [-0.25, -0.2) is 0 Å². The van der Waals surface area contributed by atoms with E-state index in [4.69, 9.17) is 4.74 Å². The molecule has 6 nitrogen and oxygen atoms in total. The molecule has 0 saturated carbocycles. The van der Waals surface area contributed by atoms with Crippen LogP contribution in [0.4, 0.5) is 0 Å². The zero-order valence-corrected chi connectivity index (χ0v) is 41.6. The third-order valence-electron chi connectivity index (χ3n) is 11.6. The van der Waals surface area contributed by atoms with E-state index in [0.717, 1.165) is 64.2 Å². The first-order valence-corrected chi connectivity index (χ1v) is 26.6. The summed E-state index contributed by atoms with van der Waals surface area (Å²) in [6.45, 7) is 6.29. The number of hydrogen-bond acceptors (Lipinski definition) is 5. The van der Waals surface area contributed by atoms with Crippen molar-refractivity contribution in [2.24, 2.45) is 0 Å². The molecule has 0 aliphatic heterocycles. The van der Waals surface area contributed by atoms with Gasteiger partial charge in [0.25, 0.3) is 0 Å². The molecule has 0 aliphatic rings. The van der Waals surface area contributed by atoms with E-state index < -0.39 is 18.2 Å². The van der Waals surface area contributed by atoms with Crippen LogP contribution in [0.2, 0.25) is 0 Å². The molecule has 0 radical (unpaired) electrons. The number of ether oxygens (including phenoxy) is 1. The van der Waals surface area contributed by atoms with Crippen LogP contribution in [-0.2, 0) is 14.3 Å². The van der Waals surface area contributed by atoms with Crippen molar-refractivity contribution in [2.75, 3.05) is 6.61 Å². The smallest absolute Gasteiger partial charge is 0.306 e. The third-order valence-corrected chi connectivity index (χ3v) is 11.6. The van der Waals surface area contributed by atoms with Gasteiger partial charge in [0.1, 0.15) is 6.10 Å². The first-order valence-electron chi connectivity index (χ1n) is 26.6. The minimum Gasteiger partial charge on any atom is -0.462 e. The number of aliphatic hydroxyl groups excluding tert-OH is 2. The van der Waals surface area contributed by atoms with Crippen LogP contribution < -0.4 is 5.32 Å². The van der Waals surface area contributed by atoms with Crippen molar-refractivity contribution < 1.29 is 24.5 Å². The first-order chi connectivity index (χ1) is 31.5.